The van der Waals surface area contributed by atoms with Crippen LogP contribution in [0.2, 0.25) is 0 Å². The summed E-state index contributed by atoms with van der Waals surface area (Å²) in [4.78, 5) is 25.9. The molecule has 0 saturated heterocycles. The number of ether oxygens (including phenoxy) is 1. The Hall–Kier alpha value is -2.82. The van der Waals surface area contributed by atoms with E-state index in [4.69, 9.17) is 4.74 Å². The van der Waals surface area contributed by atoms with Gasteiger partial charge < -0.3 is 15.0 Å². The molecule has 1 heterocycles. The molecule has 0 aromatic heterocycles. The lowest BCUT2D eigenvalue weighted by Gasteiger charge is -2.31. The monoisotopic (exact) mass is 338 g/mol. The molecule has 0 fully saturated rings. The van der Waals surface area contributed by atoms with Gasteiger partial charge in [0.25, 0.3) is 5.91 Å². The molecule has 1 N–H and O–H groups in total. The second-order valence-electron chi connectivity index (χ2n) is 6.10. The minimum Gasteiger partial charge on any atom is -0.478 e. The maximum atomic E-state index is 12.4. The van der Waals surface area contributed by atoms with Crippen molar-refractivity contribution >= 4 is 17.5 Å². The fourth-order valence-corrected chi connectivity index (χ4v) is 2.89. The first kappa shape index (κ1) is 17.0. The summed E-state index contributed by atoms with van der Waals surface area (Å²) in [5.41, 5.74) is 1.91. The first-order valence-electron chi connectivity index (χ1n) is 8.49. The van der Waals surface area contributed by atoms with Crippen molar-refractivity contribution in [2.45, 2.75) is 25.4 Å². The highest BCUT2D eigenvalue weighted by Crippen LogP contribution is 2.33. The van der Waals surface area contributed by atoms with Gasteiger partial charge in [-0.05, 0) is 24.1 Å². The molecular weight excluding hydrogens is 316 g/mol. The molecule has 1 aliphatic heterocycles. The Morgan fingerprint density at radius 2 is 1.84 bits per heavy atom. The van der Waals surface area contributed by atoms with Gasteiger partial charge in [0.15, 0.2) is 6.10 Å². The van der Waals surface area contributed by atoms with Crippen LogP contribution in [-0.4, -0.2) is 31.5 Å². The van der Waals surface area contributed by atoms with E-state index in [-0.39, 0.29) is 11.8 Å². The van der Waals surface area contributed by atoms with E-state index in [1.165, 1.54) is 0 Å². The number of rotatable bonds is 6. The molecule has 5 nitrogen and oxygen atoms in total. The summed E-state index contributed by atoms with van der Waals surface area (Å²) < 4.78 is 5.78. The topological polar surface area (TPSA) is 58.6 Å². The fraction of sp³-hybridized carbons (Fsp3) is 0.300. The molecule has 2 aromatic carbocycles. The van der Waals surface area contributed by atoms with Gasteiger partial charge in [0.2, 0.25) is 5.91 Å². The number of benzene rings is 2. The van der Waals surface area contributed by atoms with Crippen molar-refractivity contribution in [3.63, 3.8) is 0 Å². The first-order valence-corrected chi connectivity index (χ1v) is 8.49. The molecule has 0 saturated carbocycles. The number of carbonyl (C=O) groups is 2. The number of hydrogen-bond acceptors (Lipinski definition) is 3. The van der Waals surface area contributed by atoms with Crippen LogP contribution < -0.4 is 15.0 Å². The summed E-state index contributed by atoms with van der Waals surface area (Å²) in [6.07, 6.45) is 1.04. The number of hydrogen-bond donors (Lipinski definition) is 1. The van der Waals surface area contributed by atoms with Crippen molar-refractivity contribution in [1.82, 2.24) is 5.32 Å². The van der Waals surface area contributed by atoms with Crippen LogP contribution in [-0.2, 0) is 16.0 Å². The van der Waals surface area contributed by atoms with Crippen molar-refractivity contribution in [1.29, 1.82) is 0 Å². The lowest BCUT2D eigenvalue weighted by molar-refractivity contribution is -0.127. The highest BCUT2D eigenvalue weighted by Gasteiger charge is 2.31. The average Bonchev–Trinajstić information content (AvgIpc) is 2.65. The van der Waals surface area contributed by atoms with Gasteiger partial charge >= 0.3 is 0 Å². The van der Waals surface area contributed by atoms with E-state index in [9.17, 15) is 9.59 Å². The zero-order valence-electron chi connectivity index (χ0n) is 14.3. The standard InChI is InChI=1S/C20H22N2O3/c1-22-16-9-5-6-10-17(16)25-18(20(22)24)13-14-21-19(23)12-11-15-7-3-2-4-8-15/h2-10,18H,11-14H2,1H3,(H,21,23). The predicted octanol–water partition coefficient (Wildman–Crippen LogP) is 2.55. The van der Waals surface area contributed by atoms with Gasteiger partial charge in [-0.1, -0.05) is 42.5 Å². The van der Waals surface area contributed by atoms with Crippen molar-refractivity contribution in [3.8, 4) is 5.75 Å². The number of nitrogens with one attached hydrogen (secondary N) is 1. The van der Waals surface area contributed by atoms with Crippen LogP contribution in [0.25, 0.3) is 0 Å². The maximum absolute atomic E-state index is 12.4. The van der Waals surface area contributed by atoms with Gasteiger partial charge in [-0.25, -0.2) is 0 Å². The van der Waals surface area contributed by atoms with Crippen LogP contribution in [0.4, 0.5) is 5.69 Å². The minimum atomic E-state index is -0.561. The summed E-state index contributed by atoms with van der Waals surface area (Å²) >= 11 is 0. The van der Waals surface area contributed by atoms with E-state index < -0.39 is 6.10 Å². The number of nitrogens with zero attached hydrogens (tertiary/aromatic N) is 1. The lowest BCUT2D eigenvalue weighted by atomic mass is 10.1. The van der Waals surface area contributed by atoms with E-state index in [0.717, 1.165) is 11.3 Å². The number of aryl methyl sites for hydroxylation is 1. The SMILES string of the molecule is CN1C(=O)C(CCNC(=O)CCc2ccccc2)Oc2ccccc21. The van der Waals surface area contributed by atoms with E-state index >= 15 is 0 Å². The Balaban J connectivity index is 1.46. The molecule has 25 heavy (non-hydrogen) atoms. The molecule has 0 spiro atoms. The highest BCUT2D eigenvalue weighted by molar-refractivity contribution is 5.99. The van der Waals surface area contributed by atoms with Gasteiger partial charge in [-0.3, -0.25) is 9.59 Å². The third-order valence-electron chi connectivity index (χ3n) is 4.31. The van der Waals surface area contributed by atoms with Crippen molar-refractivity contribution in [2.24, 2.45) is 0 Å². The summed E-state index contributed by atoms with van der Waals surface area (Å²) in [7, 11) is 1.75. The second-order valence-corrected chi connectivity index (χ2v) is 6.10. The fourth-order valence-electron chi connectivity index (χ4n) is 2.89. The molecule has 1 aliphatic rings. The number of fused-ring (bicyclic) bond motifs is 1. The van der Waals surface area contributed by atoms with Crippen LogP contribution in [0.5, 0.6) is 5.75 Å². The van der Waals surface area contributed by atoms with Gasteiger partial charge in [0.05, 0.1) is 5.69 Å². The van der Waals surface area contributed by atoms with E-state index in [0.29, 0.717) is 31.6 Å². The van der Waals surface area contributed by atoms with Crippen molar-refractivity contribution in [2.75, 3.05) is 18.5 Å². The van der Waals surface area contributed by atoms with E-state index in [1.807, 2.05) is 54.6 Å². The number of anilines is 1. The number of carbonyl (C=O) groups excluding carboxylic acids is 2. The second kappa shape index (κ2) is 7.83. The summed E-state index contributed by atoms with van der Waals surface area (Å²) in [6.45, 7) is 0.417. The summed E-state index contributed by atoms with van der Waals surface area (Å²) in [6, 6.07) is 17.4. The first-order chi connectivity index (χ1) is 12.1. The normalized spacial score (nSPS) is 16.1. The largest absolute Gasteiger partial charge is 0.478 e. The molecule has 2 aromatic rings. The van der Waals surface area contributed by atoms with Gasteiger partial charge in [-0.15, -0.1) is 0 Å². The smallest absolute Gasteiger partial charge is 0.267 e. The Labute approximate surface area is 147 Å². The van der Waals surface area contributed by atoms with Crippen LogP contribution in [0, 0.1) is 0 Å². The molecule has 2 amide bonds. The number of para-hydroxylation sites is 2. The molecule has 5 heteroatoms. The highest BCUT2D eigenvalue weighted by atomic mass is 16.5. The molecule has 0 bridgehead atoms. The Bertz CT molecular complexity index is 746. The Morgan fingerprint density at radius 1 is 1.12 bits per heavy atom. The molecule has 3 rings (SSSR count). The van der Waals surface area contributed by atoms with Gasteiger partial charge in [0.1, 0.15) is 5.75 Å². The summed E-state index contributed by atoms with van der Waals surface area (Å²) in [5, 5.41) is 2.87. The predicted molar refractivity (Wildman–Crippen MR) is 96.7 cm³/mol. The summed E-state index contributed by atoms with van der Waals surface area (Å²) in [5.74, 6) is 0.600. The minimum absolute atomic E-state index is 0.0131. The third-order valence-corrected chi connectivity index (χ3v) is 4.31. The van der Waals surface area contributed by atoms with Crippen molar-refractivity contribution in [3.05, 3.63) is 60.2 Å². The molecule has 130 valence electrons. The van der Waals surface area contributed by atoms with E-state index in [1.54, 1.807) is 11.9 Å². The lowest BCUT2D eigenvalue weighted by Crippen LogP contribution is -2.45. The average molecular weight is 338 g/mol. The van der Waals surface area contributed by atoms with Crippen molar-refractivity contribution < 1.29 is 14.3 Å². The number of amides is 2. The van der Waals surface area contributed by atoms with Gasteiger partial charge in [0, 0.05) is 26.4 Å². The Morgan fingerprint density at radius 3 is 2.64 bits per heavy atom. The van der Waals surface area contributed by atoms with Crippen LogP contribution in [0.3, 0.4) is 0 Å². The van der Waals surface area contributed by atoms with Crippen LogP contribution in [0.15, 0.2) is 54.6 Å². The third kappa shape index (κ3) is 4.18. The molecule has 0 aliphatic carbocycles. The number of likely N-dealkylation sites (N-methyl/N-ethyl adjacent to an activating group) is 1. The quantitative estimate of drug-likeness (QED) is 0.881. The van der Waals surface area contributed by atoms with Crippen LogP contribution in [0.1, 0.15) is 18.4 Å². The molecular formula is C20H22N2O3. The maximum Gasteiger partial charge on any atom is 0.267 e. The van der Waals surface area contributed by atoms with E-state index in [2.05, 4.69) is 5.32 Å². The molecule has 1 atom stereocenters. The van der Waals surface area contributed by atoms with Crippen LogP contribution >= 0.6 is 0 Å². The van der Waals surface area contributed by atoms with Gasteiger partial charge in [-0.2, -0.15) is 0 Å². The Kier molecular flexibility index (Phi) is 5.33. The zero-order valence-corrected chi connectivity index (χ0v) is 14.3. The molecule has 0 radical (unpaired) electrons. The zero-order chi connectivity index (χ0) is 17.6. The molecule has 1 unspecified atom stereocenters.